The molecule has 1 atom stereocenters. The standard InChI is InChI=1S/C21H26ClN3O4S/c1-2-13-29-21-16(5-3-11-23-21)14-24-20(26)17-6-4-12-25(15-17)30(27,28)19-9-7-18(22)8-10-19/h3,5,7-11,17H,2,4,6,12-15H2,1H3,(H,24,26). The molecule has 0 saturated carbocycles. The topological polar surface area (TPSA) is 88.6 Å². The molecule has 2 aromatic rings. The number of ether oxygens (including phenoxy) is 1. The zero-order chi connectivity index (χ0) is 21.6. The fourth-order valence-corrected chi connectivity index (χ4v) is 4.99. The molecule has 1 aliphatic heterocycles. The first kappa shape index (κ1) is 22.5. The summed E-state index contributed by atoms with van der Waals surface area (Å²) in [6.07, 6.45) is 3.78. The molecule has 1 saturated heterocycles. The quantitative estimate of drug-likeness (QED) is 0.665. The number of piperidine rings is 1. The predicted octanol–water partition coefficient (Wildman–Crippen LogP) is 3.24. The number of nitrogens with one attached hydrogen (secondary N) is 1. The highest BCUT2D eigenvalue weighted by Gasteiger charge is 2.33. The van der Waals surface area contributed by atoms with Gasteiger partial charge in [0.15, 0.2) is 0 Å². The van der Waals surface area contributed by atoms with Gasteiger partial charge in [-0.2, -0.15) is 4.31 Å². The van der Waals surface area contributed by atoms with Crippen molar-refractivity contribution in [3.05, 3.63) is 53.2 Å². The third-order valence-corrected chi connectivity index (χ3v) is 7.08. The van der Waals surface area contributed by atoms with Gasteiger partial charge in [0.25, 0.3) is 0 Å². The number of sulfonamides is 1. The van der Waals surface area contributed by atoms with Crippen molar-refractivity contribution in [2.24, 2.45) is 5.92 Å². The number of halogens is 1. The number of rotatable bonds is 8. The summed E-state index contributed by atoms with van der Waals surface area (Å²) in [6, 6.07) is 9.73. The summed E-state index contributed by atoms with van der Waals surface area (Å²) in [5, 5.41) is 3.38. The Hall–Kier alpha value is -2.16. The minimum absolute atomic E-state index is 0.156. The van der Waals surface area contributed by atoms with Crippen molar-refractivity contribution in [2.45, 2.75) is 37.6 Å². The lowest BCUT2D eigenvalue weighted by Gasteiger charge is -2.31. The molecular weight excluding hydrogens is 426 g/mol. The van der Waals surface area contributed by atoms with E-state index in [4.69, 9.17) is 16.3 Å². The van der Waals surface area contributed by atoms with Crippen molar-refractivity contribution in [3.8, 4) is 5.88 Å². The van der Waals surface area contributed by atoms with Crippen LogP contribution < -0.4 is 10.1 Å². The number of pyridine rings is 1. The van der Waals surface area contributed by atoms with Crippen LogP contribution >= 0.6 is 11.6 Å². The van der Waals surface area contributed by atoms with Crippen LogP contribution in [0.3, 0.4) is 0 Å². The van der Waals surface area contributed by atoms with Gasteiger partial charge in [-0.25, -0.2) is 13.4 Å². The van der Waals surface area contributed by atoms with Gasteiger partial charge in [0, 0.05) is 36.4 Å². The van der Waals surface area contributed by atoms with Crippen LogP contribution in [0.4, 0.5) is 0 Å². The number of benzene rings is 1. The van der Waals surface area contributed by atoms with Crippen LogP contribution in [0.25, 0.3) is 0 Å². The lowest BCUT2D eigenvalue weighted by molar-refractivity contribution is -0.126. The van der Waals surface area contributed by atoms with Crippen LogP contribution in [0, 0.1) is 5.92 Å². The molecule has 30 heavy (non-hydrogen) atoms. The molecule has 1 aromatic carbocycles. The van der Waals surface area contributed by atoms with E-state index in [1.807, 2.05) is 13.0 Å². The lowest BCUT2D eigenvalue weighted by Crippen LogP contribution is -2.45. The minimum Gasteiger partial charge on any atom is -0.477 e. The summed E-state index contributed by atoms with van der Waals surface area (Å²) in [5.74, 6) is -0.0657. The molecule has 1 fully saturated rings. The Bertz CT molecular complexity index is 966. The molecule has 9 heteroatoms. The van der Waals surface area contributed by atoms with E-state index in [0.717, 1.165) is 12.0 Å². The van der Waals surface area contributed by atoms with Crippen molar-refractivity contribution in [1.82, 2.24) is 14.6 Å². The summed E-state index contributed by atoms with van der Waals surface area (Å²) in [6.45, 7) is 3.40. The molecule has 0 radical (unpaired) electrons. The first-order valence-corrected chi connectivity index (χ1v) is 11.8. The lowest BCUT2D eigenvalue weighted by atomic mass is 9.99. The highest BCUT2D eigenvalue weighted by Crippen LogP contribution is 2.25. The molecule has 0 aliphatic carbocycles. The van der Waals surface area contributed by atoms with Gasteiger partial charge in [-0.05, 0) is 49.6 Å². The summed E-state index contributed by atoms with van der Waals surface area (Å²) in [4.78, 5) is 17.1. The molecule has 1 N–H and O–H groups in total. The largest absolute Gasteiger partial charge is 0.477 e. The fourth-order valence-electron chi connectivity index (χ4n) is 3.34. The Kier molecular flexibility index (Phi) is 7.69. The Morgan fingerprint density at radius 1 is 1.30 bits per heavy atom. The van der Waals surface area contributed by atoms with E-state index >= 15 is 0 Å². The molecule has 1 unspecified atom stereocenters. The van der Waals surface area contributed by atoms with Crippen LogP contribution in [-0.4, -0.2) is 43.3 Å². The van der Waals surface area contributed by atoms with Gasteiger partial charge in [0.2, 0.25) is 21.8 Å². The van der Waals surface area contributed by atoms with Gasteiger partial charge in [-0.3, -0.25) is 4.79 Å². The molecule has 3 rings (SSSR count). The van der Waals surface area contributed by atoms with E-state index in [-0.39, 0.29) is 23.9 Å². The molecule has 1 amide bonds. The molecular formula is C21H26ClN3O4S. The van der Waals surface area contributed by atoms with E-state index in [2.05, 4.69) is 10.3 Å². The van der Waals surface area contributed by atoms with E-state index in [1.165, 1.54) is 16.4 Å². The highest BCUT2D eigenvalue weighted by atomic mass is 35.5. The normalized spacial score (nSPS) is 17.5. The van der Waals surface area contributed by atoms with Gasteiger partial charge < -0.3 is 10.1 Å². The van der Waals surface area contributed by atoms with E-state index in [9.17, 15) is 13.2 Å². The summed E-state index contributed by atoms with van der Waals surface area (Å²) in [5.41, 5.74) is 0.792. The Labute approximate surface area is 182 Å². The van der Waals surface area contributed by atoms with Crippen molar-refractivity contribution >= 4 is 27.5 Å². The molecule has 0 bridgehead atoms. The van der Waals surface area contributed by atoms with Crippen LogP contribution in [0.1, 0.15) is 31.7 Å². The minimum atomic E-state index is -3.66. The molecule has 162 valence electrons. The smallest absolute Gasteiger partial charge is 0.243 e. The second kappa shape index (κ2) is 10.2. The number of carbonyl (C=O) groups is 1. The maximum atomic E-state index is 12.9. The van der Waals surface area contributed by atoms with Crippen molar-refractivity contribution in [1.29, 1.82) is 0 Å². The maximum absolute atomic E-state index is 12.9. The molecule has 2 heterocycles. The van der Waals surface area contributed by atoms with Gasteiger partial charge in [-0.15, -0.1) is 0 Å². The fraction of sp³-hybridized carbons (Fsp3) is 0.429. The SMILES string of the molecule is CCCOc1ncccc1CNC(=O)C1CCCN(S(=O)(=O)c2ccc(Cl)cc2)C1. The first-order valence-electron chi connectivity index (χ1n) is 10.0. The number of aromatic nitrogens is 1. The summed E-state index contributed by atoms with van der Waals surface area (Å²) < 4.78 is 32.8. The molecule has 7 nitrogen and oxygen atoms in total. The third-order valence-electron chi connectivity index (χ3n) is 4.95. The van der Waals surface area contributed by atoms with E-state index in [1.54, 1.807) is 24.4 Å². The van der Waals surface area contributed by atoms with Gasteiger partial charge in [0.05, 0.1) is 17.4 Å². The Balaban J connectivity index is 1.63. The van der Waals surface area contributed by atoms with Crippen LogP contribution in [0.2, 0.25) is 5.02 Å². The Morgan fingerprint density at radius 2 is 2.07 bits per heavy atom. The number of nitrogens with zero attached hydrogens (tertiary/aromatic N) is 2. The second-order valence-electron chi connectivity index (χ2n) is 7.19. The third kappa shape index (κ3) is 5.50. The number of carbonyl (C=O) groups excluding carboxylic acids is 1. The molecule has 0 spiro atoms. The average molecular weight is 452 g/mol. The van der Waals surface area contributed by atoms with Gasteiger partial charge >= 0.3 is 0 Å². The van der Waals surface area contributed by atoms with E-state index < -0.39 is 15.9 Å². The van der Waals surface area contributed by atoms with Crippen LogP contribution in [0.15, 0.2) is 47.5 Å². The van der Waals surface area contributed by atoms with E-state index in [0.29, 0.717) is 36.9 Å². The highest BCUT2D eigenvalue weighted by molar-refractivity contribution is 7.89. The zero-order valence-electron chi connectivity index (χ0n) is 16.9. The van der Waals surface area contributed by atoms with Gasteiger partial charge in [-0.1, -0.05) is 24.6 Å². The Morgan fingerprint density at radius 3 is 2.80 bits per heavy atom. The number of amides is 1. The monoisotopic (exact) mass is 451 g/mol. The number of hydrogen-bond acceptors (Lipinski definition) is 5. The van der Waals surface area contributed by atoms with Crippen molar-refractivity contribution < 1.29 is 17.9 Å². The molecule has 1 aliphatic rings. The van der Waals surface area contributed by atoms with Crippen molar-refractivity contribution in [2.75, 3.05) is 19.7 Å². The number of hydrogen-bond donors (Lipinski definition) is 1. The first-order chi connectivity index (χ1) is 14.4. The average Bonchev–Trinajstić information content (AvgIpc) is 2.77. The zero-order valence-corrected chi connectivity index (χ0v) is 18.5. The second-order valence-corrected chi connectivity index (χ2v) is 9.56. The van der Waals surface area contributed by atoms with Gasteiger partial charge in [0.1, 0.15) is 0 Å². The summed E-state index contributed by atoms with van der Waals surface area (Å²) in [7, 11) is -3.66. The van der Waals surface area contributed by atoms with Crippen LogP contribution in [0.5, 0.6) is 5.88 Å². The maximum Gasteiger partial charge on any atom is 0.243 e. The predicted molar refractivity (Wildman–Crippen MR) is 115 cm³/mol. The summed E-state index contributed by atoms with van der Waals surface area (Å²) >= 11 is 5.86. The van der Waals surface area contributed by atoms with Crippen molar-refractivity contribution in [3.63, 3.8) is 0 Å². The molecule has 1 aromatic heterocycles. The van der Waals surface area contributed by atoms with Crippen LogP contribution in [-0.2, 0) is 21.4 Å².